The summed E-state index contributed by atoms with van der Waals surface area (Å²) in [5, 5.41) is 6.65. The number of methoxy groups -OCH3 is 1. The van der Waals surface area contributed by atoms with Gasteiger partial charge in [-0.3, -0.25) is 22.6 Å². The number of aryl methyl sites for hydroxylation is 1. The number of anilines is 1. The average molecular weight is 876 g/mol. The monoisotopic (exact) mass is 875 g/mol. The van der Waals surface area contributed by atoms with Crippen LogP contribution in [-0.4, -0.2) is 67.4 Å². The van der Waals surface area contributed by atoms with Crippen molar-refractivity contribution in [3.05, 3.63) is 105 Å². The van der Waals surface area contributed by atoms with E-state index >= 15 is 0 Å². The first-order valence-electron chi connectivity index (χ1n) is 16.7. The van der Waals surface area contributed by atoms with Crippen molar-refractivity contribution in [1.29, 1.82) is 0 Å². The molecule has 5 aromatic rings. The van der Waals surface area contributed by atoms with Crippen LogP contribution < -0.4 is 24.1 Å². The average Bonchev–Trinajstić information content (AvgIpc) is 3.44. The van der Waals surface area contributed by atoms with Gasteiger partial charge >= 0.3 is 21.7 Å². The number of ether oxygens (including phenoxy) is 2. The summed E-state index contributed by atoms with van der Waals surface area (Å²) in [6.45, 7) is 4.32. The number of rotatable bonds is 13. The molecule has 58 heavy (non-hydrogen) atoms. The van der Waals surface area contributed by atoms with Gasteiger partial charge in [-0.2, -0.15) is 31.7 Å². The van der Waals surface area contributed by atoms with Gasteiger partial charge in [0, 0.05) is 37.3 Å². The first-order chi connectivity index (χ1) is 27.0. The van der Waals surface area contributed by atoms with E-state index in [9.17, 15) is 48.7 Å². The summed E-state index contributed by atoms with van der Waals surface area (Å²) >= 11 is 3.69. The third kappa shape index (κ3) is 10.0. The van der Waals surface area contributed by atoms with Crippen LogP contribution in [0, 0.1) is 11.6 Å². The first-order valence-corrected chi connectivity index (χ1v) is 19.5. The van der Waals surface area contributed by atoms with E-state index in [0.29, 0.717) is 17.9 Å². The van der Waals surface area contributed by atoms with Crippen molar-refractivity contribution in [3.8, 4) is 17.3 Å². The number of hydrogen-bond acceptors (Lipinski definition) is 11. The molecule has 2 aromatic heterocycles. The van der Waals surface area contributed by atoms with Crippen molar-refractivity contribution in [2.75, 3.05) is 18.0 Å². The Labute approximate surface area is 334 Å². The van der Waals surface area contributed by atoms with E-state index in [4.69, 9.17) is 21.1 Å². The van der Waals surface area contributed by atoms with Crippen molar-refractivity contribution in [1.82, 2.24) is 24.6 Å². The summed E-state index contributed by atoms with van der Waals surface area (Å²) in [4.78, 5) is 31.2. The van der Waals surface area contributed by atoms with Gasteiger partial charge in [-0.1, -0.05) is 23.7 Å². The molecule has 0 saturated heterocycles. The number of hydrogen-bond donors (Lipinski definition) is 1. The molecule has 0 spiro atoms. The lowest BCUT2D eigenvalue weighted by atomic mass is 10.0. The van der Waals surface area contributed by atoms with Crippen LogP contribution in [0.3, 0.4) is 0 Å². The standard InChI is InChI=1S/C35H34ClF5N6O9S2/c1-34(2,3)55-33(49)42-25(16-20-14-21(37)17-22(38)15-20)31-43-27(56-58(52,53)35(39,40)41)18-28(48)47(31)26-11-10-24(36)29-30(26)45(4)44-32(29)46(57(50)51)13-12-19-6-8-23(54-5)9-7-19/h6-11,14-15,17-18,25H,12-13,16H2,1-5H3,(H,42,49)(H,50,51)/p-1. The molecule has 2 unspecified atom stereocenters. The quantitative estimate of drug-likeness (QED) is 0.0639. The third-order valence-electron chi connectivity index (χ3n) is 8.08. The Morgan fingerprint density at radius 3 is 2.24 bits per heavy atom. The second kappa shape index (κ2) is 16.9. The zero-order valence-electron chi connectivity index (χ0n) is 31.0. The minimum Gasteiger partial charge on any atom is -0.755 e. The normalized spacial score (nSPS) is 13.2. The molecule has 312 valence electrons. The maximum absolute atomic E-state index is 14.4. The number of benzene rings is 3. The van der Waals surface area contributed by atoms with E-state index in [0.717, 1.165) is 31.3 Å². The van der Waals surface area contributed by atoms with Crippen LogP contribution in [0.15, 0.2) is 65.5 Å². The highest BCUT2D eigenvalue weighted by Crippen LogP contribution is 2.37. The van der Waals surface area contributed by atoms with Crippen molar-refractivity contribution in [2.24, 2.45) is 7.05 Å². The van der Waals surface area contributed by atoms with Gasteiger partial charge in [-0.05, 0) is 74.7 Å². The molecule has 23 heteroatoms. The smallest absolute Gasteiger partial charge is 0.534 e. The molecular formula is C35H33ClF5N6O9S2-. The molecule has 0 fully saturated rings. The Bertz CT molecular complexity index is 2530. The number of halogens is 6. The molecule has 0 aliphatic heterocycles. The minimum absolute atomic E-state index is 0.0396. The number of fused-ring (bicyclic) bond motifs is 1. The second-order valence-electron chi connectivity index (χ2n) is 13.4. The topological polar surface area (TPSA) is 187 Å². The maximum Gasteiger partial charge on any atom is 0.534 e. The number of nitrogens with zero attached hydrogens (tertiary/aromatic N) is 5. The van der Waals surface area contributed by atoms with Gasteiger partial charge in [0.25, 0.3) is 5.56 Å². The van der Waals surface area contributed by atoms with Crippen LogP contribution in [0.1, 0.15) is 43.8 Å². The molecule has 1 N–H and O–H groups in total. The molecule has 3 aromatic carbocycles. The molecule has 0 radical (unpaired) electrons. The highest BCUT2D eigenvalue weighted by Gasteiger charge is 2.49. The van der Waals surface area contributed by atoms with E-state index in [1.54, 1.807) is 24.3 Å². The lowest BCUT2D eigenvalue weighted by Gasteiger charge is -2.26. The molecule has 0 saturated carbocycles. The van der Waals surface area contributed by atoms with Crippen LogP contribution >= 0.6 is 11.6 Å². The van der Waals surface area contributed by atoms with Gasteiger partial charge < -0.3 is 23.5 Å². The molecule has 2 atom stereocenters. The van der Waals surface area contributed by atoms with Crippen LogP contribution in [-0.2, 0) is 46.0 Å². The molecule has 1 amide bonds. The summed E-state index contributed by atoms with van der Waals surface area (Å²) in [6.07, 6.45) is -1.64. The summed E-state index contributed by atoms with van der Waals surface area (Å²) in [7, 11) is -3.57. The second-order valence-corrected chi connectivity index (χ2v) is 16.3. The van der Waals surface area contributed by atoms with Crippen LogP contribution in [0.2, 0.25) is 5.02 Å². The number of nitrogens with one attached hydrogen (secondary N) is 1. The molecule has 0 bridgehead atoms. The number of aromatic nitrogens is 4. The van der Waals surface area contributed by atoms with Crippen molar-refractivity contribution < 1.29 is 57.6 Å². The summed E-state index contributed by atoms with van der Waals surface area (Å²) in [6, 6.07) is 10.1. The SMILES string of the molecule is COc1ccc(CCN(c2nn(C)c3c(-n4c(C(Cc5cc(F)cc(F)c5)NC(=O)OC(C)(C)C)nc(OS(=O)(=O)C(F)(F)F)cc4=O)ccc(Cl)c23)S(=O)[O-])cc1. The zero-order chi connectivity index (χ0) is 42.9. The Hall–Kier alpha value is -5.32. The fourth-order valence-corrected chi connectivity index (χ4v) is 6.90. The Balaban J connectivity index is 1.76. The predicted molar refractivity (Wildman–Crippen MR) is 200 cm³/mol. The van der Waals surface area contributed by atoms with Crippen LogP contribution in [0.4, 0.5) is 32.6 Å². The van der Waals surface area contributed by atoms with Gasteiger partial charge in [-0.15, -0.1) is 0 Å². The fourth-order valence-electron chi connectivity index (χ4n) is 5.74. The lowest BCUT2D eigenvalue weighted by Crippen LogP contribution is -2.39. The third-order valence-corrected chi connectivity index (χ3v) is 10.1. The number of carbonyl (C=O) groups is 1. The van der Waals surface area contributed by atoms with Crippen LogP contribution in [0.25, 0.3) is 16.6 Å². The summed E-state index contributed by atoms with van der Waals surface area (Å²) in [5.74, 6) is -3.87. The van der Waals surface area contributed by atoms with Gasteiger partial charge in [0.1, 0.15) is 28.8 Å². The van der Waals surface area contributed by atoms with E-state index in [-0.39, 0.29) is 46.0 Å². The van der Waals surface area contributed by atoms with Gasteiger partial charge in [-0.25, -0.2) is 13.6 Å². The first kappa shape index (κ1) is 43.8. The largest absolute Gasteiger partial charge is 0.755 e. The van der Waals surface area contributed by atoms with Gasteiger partial charge in [0.05, 0.1) is 40.8 Å². The number of carbonyl (C=O) groups excluding carboxylic acids is 1. The van der Waals surface area contributed by atoms with Crippen molar-refractivity contribution >= 4 is 55.8 Å². The zero-order valence-corrected chi connectivity index (χ0v) is 33.4. The van der Waals surface area contributed by atoms with Crippen LogP contribution in [0.5, 0.6) is 11.6 Å². The predicted octanol–water partition coefficient (Wildman–Crippen LogP) is 5.94. The molecule has 2 heterocycles. The highest BCUT2D eigenvalue weighted by atomic mass is 35.5. The highest BCUT2D eigenvalue weighted by molar-refractivity contribution is 7.88. The van der Waals surface area contributed by atoms with Gasteiger partial charge in [0.15, 0.2) is 5.82 Å². The Kier molecular flexibility index (Phi) is 12.7. The molecule has 15 nitrogen and oxygen atoms in total. The minimum atomic E-state index is -6.42. The van der Waals surface area contributed by atoms with E-state index in [1.165, 1.54) is 47.1 Å². The molecule has 5 rings (SSSR count). The lowest BCUT2D eigenvalue weighted by molar-refractivity contribution is -0.0501. The maximum atomic E-state index is 14.4. The van der Waals surface area contributed by atoms with Gasteiger partial charge in [0.2, 0.25) is 5.88 Å². The van der Waals surface area contributed by atoms with E-state index in [2.05, 4.69) is 19.6 Å². The van der Waals surface area contributed by atoms with Crippen molar-refractivity contribution in [3.63, 3.8) is 0 Å². The van der Waals surface area contributed by atoms with E-state index < -0.39 is 79.9 Å². The fraction of sp³-hybridized carbons (Fsp3) is 0.314. The van der Waals surface area contributed by atoms with Crippen molar-refractivity contribution in [2.45, 2.75) is 50.8 Å². The number of alkyl halides is 3. The molecule has 0 aliphatic carbocycles. The number of alkyl carbamates (subject to hydrolysis) is 1. The molecular weight excluding hydrogens is 843 g/mol. The molecule has 0 aliphatic rings. The Morgan fingerprint density at radius 2 is 1.67 bits per heavy atom. The number of amides is 1. The summed E-state index contributed by atoms with van der Waals surface area (Å²) in [5.41, 5.74) is -8.12. The Morgan fingerprint density at radius 1 is 1.03 bits per heavy atom. The van der Waals surface area contributed by atoms with E-state index in [1.807, 2.05) is 0 Å². The summed E-state index contributed by atoms with van der Waals surface area (Å²) < 4.78 is 136.